The monoisotopic (exact) mass is 325 g/mol. The minimum Gasteiger partial charge on any atom is -0.287 e. The van der Waals surface area contributed by atoms with E-state index in [2.05, 4.69) is 4.98 Å². The number of nitrogens with zero attached hydrogens (tertiary/aromatic N) is 3. The Morgan fingerprint density at radius 3 is 2.57 bits per heavy atom. The Morgan fingerprint density at radius 2 is 1.91 bits per heavy atom. The molecule has 0 aliphatic rings. The number of hydrogen-bond donors (Lipinski definition) is 0. The number of benzene rings is 2. The number of aromatic nitrogens is 2. The smallest absolute Gasteiger partial charge is 0.270 e. The predicted molar refractivity (Wildman–Crippen MR) is 92.2 cm³/mol. The largest absolute Gasteiger partial charge is 0.287 e. The zero-order valence-corrected chi connectivity index (χ0v) is 13.6. The molecule has 0 bridgehead atoms. The Kier molecular flexibility index (Phi) is 4.16. The minimum absolute atomic E-state index is 0.0739. The van der Waals surface area contributed by atoms with Gasteiger partial charge in [-0.2, -0.15) is 0 Å². The van der Waals surface area contributed by atoms with Crippen LogP contribution in [0.1, 0.15) is 5.56 Å². The van der Waals surface area contributed by atoms with Crippen LogP contribution in [0.4, 0.5) is 5.69 Å². The van der Waals surface area contributed by atoms with E-state index < -0.39 is 0 Å². The van der Waals surface area contributed by atoms with E-state index in [4.69, 9.17) is 0 Å². The molecule has 0 saturated carbocycles. The fraction of sp³-hybridized carbons (Fsp3) is 0.118. The van der Waals surface area contributed by atoms with Crippen molar-refractivity contribution in [3.05, 3.63) is 70.4 Å². The highest BCUT2D eigenvalue weighted by Crippen LogP contribution is 2.30. The van der Waals surface area contributed by atoms with Crippen molar-refractivity contribution in [3.63, 3.8) is 0 Å². The number of hydrogen-bond acceptors (Lipinski definition) is 4. The lowest BCUT2D eigenvalue weighted by molar-refractivity contribution is -0.384. The van der Waals surface area contributed by atoms with E-state index >= 15 is 0 Å². The summed E-state index contributed by atoms with van der Waals surface area (Å²) in [4.78, 5) is 15.1. The predicted octanol–water partition coefficient (Wildman–Crippen LogP) is 4.48. The van der Waals surface area contributed by atoms with E-state index in [0.29, 0.717) is 0 Å². The maximum absolute atomic E-state index is 11.0. The summed E-state index contributed by atoms with van der Waals surface area (Å²) < 4.78 is 2.02. The first-order valence-corrected chi connectivity index (χ1v) is 8.26. The van der Waals surface area contributed by atoms with Crippen molar-refractivity contribution in [2.75, 3.05) is 6.26 Å². The molecule has 1 aromatic heterocycles. The van der Waals surface area contributed by atoms with Crippen LogP contribution < -0.4 is 0 Å². The lowest BCUT2D eigenvalue weighted by Crippen LogP contribution is -1.99. The Hall–Kier alpha value is -2.60. The van der Waals surface area contributed by atoms with E-state index in [-0.39, 0.29) is 10.6 Å². The zero-order valence-electron chi connectivity index (χ0n) is 12.8. The molecule has 5 nitrogen and oxygen atoms in total. The summed E-state index contributed by atoms with van der Waals surface area (Å²) in [5, 5.41) is 11.9. The van der Waals surface area contributed by atoms with Crippen LogP contribution in [0.3, 0.4) is 0 Å². The third kappa shape index (κ3) is 2.98. The molecule has 0 spiro atoms. The quantitative estimate of drug-likeness (QED) is 0.403. The second-order valence-corrected chi connectivity index (χ2v) is 5.88. The summed E-state index contributed by atoms with van der Waals surface area (Å²) in [7, 11) is 0. The summed E-state index contributed by atoms with van der Waals surface area (Å²) >= 11 is 1.54. The van der Waals surface area contributed by atoms with Crippen molar-refractivity contribution < 1.29 is 4.92 Å². The van der Waals surface area contributed by atoms with Crippen LogP contribution in [0.15, 0.2) is 59.9 Å². The van der Waals surface area contributed by atoms with E-state index in [1.54, 1.807) is 18.3 Å². The van der Waals surface area contributed by atoms with Gasteiger partial charge in [0.2, 0.25) is 0 Å². The molecule has 0 aliphatic carbocycles. The molecule has 0 unspecified atom stereocenters. The van der Waals surface area contributed by atoms with Crippen molar-refractivity contribution in [1.29, 1.82) is 0 Å². The molecule has 3 aromatic rings. The topological polar surface area (TPSA) is 61.0 Å². The first-order valence-electron chi connectivity index (χ1n) is 7.04. The number of nitro benzene ring substituents is 1. The van der Waals surface area contributed by atoms with Gasteiger partial charge >= 0.3 is 0 Å². The van der Waals surface area contributed by atoms with Gasteiger partial charge in [-0.15, -0.1) is 0 Å². The molecular formula is C17H15N3O2S. The summed E-state index contributed by atoms with van der Waals surface area (Å²) in [6.45, 7) is 2.04. The van der Waals surface area contributed by atoms with Crippen molar-refractivity contribution >= 4 is 17.4 Å². The van der Waals surface area contributed by atoms with Crippen molar-refractivity contribution in [2.45, 2.75) is 12.1 Å². The van der Waals surface area contributed by atoms with Crippen molar-refractivity contribution in [3.8, 4) is 16.9 Å². The van der Waals surface area contributed by atoms with Crippen LogP contribution in [0, 0.1) is 17.0 Å². The molecular weight excluding hydrogens is 310 g/mol. The highest BCUT2D eigenvalue weighted by atomic mass is 32.2. The van der Waals surface area contributed by atoms with Gasteiger partial charge in [0.15, 0.2) is 5.16 Å². The van der Waals surface area contributed by atoms with Crippen LogP contribution >= 0.6 is 11.8 Å². The Balaban J connectivity index is 2.17. The molecule has 1 heterocycles. The van der Waals surface area contributed by atoms with Gasteiger partial charge in [0, 0.05) is 23.4 Å². The molecule has 0 aliphatic heterocycles. The van der Waals surface area contributed by atoms with Gasteiger partial charge < -0.3 is 0 Å². The average Bonchev–Trinajstić information content (AvgIpc) is 2.99. The summed E-state index contributed by atoms with van der Waals surface area (Å²) in [5.41, 5.74) is 3.84. The fourth-order valence-electron chi connectivity index (χ4n) is 2.40. The SMILES string of the molecule is CSc1ncc(-c2cccc([N+](=O)[O-])c2)n1-c1ccc(C)cc1. The second kappa shape index (κ2) is 6.26. The molecule has 0 atom stereocenters. The molecule has 0 radical (unpaired) electrons. The van der Waals surface area contributed by atoms with Crippen LogP contribution in [-0.4, -0.2) is 20.7 Å². The molecule has 23 heavy (non-hydrogen) atoms. The maximum Gasteiger partial charge on any atom is 0.270 e. The van der Waals surface area contributed by atoms with E-state index in [1.165, 1.54) is 23.4 Å². The number of non-ortho nitro benzene ring substituents is 1. The molecule has 2 aromatic carbocycles. The van der Waals surface area contributed by atoms with Gasteiger partial charge in [-0.3, -0.25) is 14.7 Å². The molecule has 0 saturated heterocycles. The molecule has 0 amide bonds. The summed E-state index contributed by atoms with van der Waals surface area (Å²) in [6.07, 6.45) is 3.72. The van der Waals surface area contributed by atoms with Gasteiger partial charge in [-0.05, 0) is 25.3 Å². The zero-order chi connectivity index (χ0) is 16.4. The van der Waals surface area contributed by atoms with Gasteiger partial charge in [-0.25, -0.2) is 4.98 Å². The Bertz CT molecular complexity index is 857. The number of rotatable bonds is 4. The second-order valence-electron chi connectivity index (χ2n) is 5.11. The lowest BCUT2D eigenvalue weighted by atomic mass is 10.1. The number of aryl methyl sites for hydroxylation is 1. The van der Waals surface area contributed by atoms with Gasteiger partial charge in [0.1, 0.15) is 0 Å². The first kappa shape index (κ1) is 15.3. The molecule has 116 valence electrons. The maximum atomic E-state index is 11.0. The standard InChI is InChI=1S/C17H15N3O2S/c1-12-6-8-14(9-7-12)19-16(11-18-17(19)23-2)13-4-3-5-15(10-13)20(21)22/h3-11H,1-2H3. The summed E-state index contributed by atoms with van der Waals surface area (Å²) in [6, 6.07) is 14.7. The van der Waals surface area contributed by atoms with Gasteiger partial charge in [0.25, 0.3) is 5.69 Å². The average molecular weight is 325 g/mol. The summed E-state index contributed by atoms with van der Waals surface area (Å²) in [5.74, 6) is 0. The highest BCUT2D eigenvalue weighted by molar-refractivity contribution is 7.98. The van der Waals surface area contributed by atoms with Crippen LogP contribution in [0.25, 0.3) is 16.9 Å². The minimum atomic E-state index is -0.383. The third-order valence-corrected chi connectivity index (χ3v) is 4.21. The number of imidazole rings is 1. The van der Waals surface area contributed by atoms with Crippen LogP contribution in [-0.2, 0) is 0 Å². The Labute approximate surface area is 138 Å². The highest BCUT2D eigenvalue weighted by Gasteiger charge is 2.15. The van der Waals surface area contributed by atoms with E-state index in [9.17, 15) is 10.1 Å². The van der Waals surface area contributed by atoms with E-state index in [0.717, 1.165) is 22.1 Å². The Morgan fingerprint density at radius 1 is 1.17 bits per heavy atom. The van der Waals surface area contributed by atoms with Crippen LogP contribution in [0.2, 0.25) is 0 Å². The third-order valence-electron chi connectivity index (χ3n) is 3.56. The number of nitro groups is 1. The molecule has 3 rings (SSSR count). The van der Waals surface area contributed by atoms with Crippen LogP contribution in [0.5, 0.6) is 0 Å². The first-order chi connectivity index (χ1) is 11.1. The number of thioether (sulfide) groups is 1. The molecule has 0 fully saturated rings. The normalized spacial score (nSPS) is 10.7. The fourth-order valence-corrected chi connectivity index (χ4v) is 2.95. The van der Waals surface area contributed by atoms with Gasteiger partial charge in [-0.1, -0.05) is 41.6 Å². The lowest BCUT2D eigenvalue weighted by Gasteiger charge is -2.11. The molecule has 0 N–H and O–H groups in total. The van der Waals surface area contributed by atoms with Gasteiger partial charge in [0.05, 0.1) is 16.8 Å². The van der Waals surface area contributed by atoms with E-state index in [1.807, 2.05) is 48.1 Å². The van der Waals surface area contributed by atoms with Crippen molar-refractivity contribution in [1.82, 2.24) is 9.55 Å². The van der Waals surface area contributed by atoms with Crippen molar-refractivity contribution in [2.24, 2.45) is 0 Å². The molecule has 6 heteroatoms.